The molecule has 8 nitrogen and oxygen atoms in total. The summed E-state index contributed by atoms with van der Waals surface area (Å²) in [6, 6.07) is 18.5. The SMILES string of the molecule is Cc1ccc(-n2c(SCC(=O)Nc3ccc(Cl)c([N+](=O)[O-])c3)nc3ccccc3c2=O)cc1. The van der Waals surface area contributed by atoms with Crippen LogP contribution in [0.5, 0.6) is 0 Å². The lowest BCUT2D eigenvalue weighted by Gasteiger charge is -2.13. The lowest BCUT2D eigenvalue weighted by Crippen LogP contribution is -2.23. The van der Waals surface area contributed by atoms with Crippen molar-refractivity contribution in [3.63, 3.8) is 0 Å². The first-order valence-corrected chi connectivity index (χ1v) is 11.2. The zero-order valence-electron chi connectivity index (χ0n) is 17.3. The highest BCUT2D eigenvalue weighted by atomic mass is 35.5. The Hall–Kier alpha value is -3.69. The Labute approximate surface area is 197 Å². The molecule has 0 spiro atoms. The van der Waals surface area contributed by atoms with Gasteiger partial charge in [0.2, 0.25) is 5.91 Å². The van der Waals surface area contributed by atoms with E-state index in [4.69, 9.17) is 11.6 Å². The highest BCUT2D eigenvalue weighted by Crippen LogP contribution is 2.28. The number of amides is 1. The van der Waals surface area contributed by atoms with E-state index in [1.807, 2.05) is 31.2 Å². The predicted octanol–water partition coefficient (Wildman–Crippen LogP) is 4.99. The summed E-state index contributed by atoms with van der Waals surface area (Å²) in [6.45, 7) is 1.95. The van der Waals surface area contributed by atoms with E-state index in [0.717, 1.165) is 17.3 Å². The van der Waals surface area contributed by atoms with Gasteiger partial charge in [-0.15, -0.1) is 0 Å². The molecule has 0 aliphatic rings. The Morgan fingerprint density at radius 1 is 1.15 bits per heavy atom. The molecule has 0 saturated carbocycles. The molecule has 0 unspecified atom stereocenters. The maximum Gasteiger partial charge on any atom is 0.289 e. The maximum atomic E-state index is 13.2. The van der Waals surface area contributed by atoms with Gasteiger partial charge in [0.05, 0.1) is 27.3 Å². The Morgan fingerprint density at radius 2 is 1.88 bits per heavy atom. The number of carbonyl (C=O) groups is 1. The molecule has 1 aromatic heterocycles. The minimum absolute atomic E-state index is 0.0187. The van der Waals surface area contributed by atoms with Gasteiger partial charge < -0.3 is 5.32 Å². The summed E-state index contributed by atoms with van der Waals surface area (Å²) in [5.41, 5.74) is 1.93. The number of nitrogens with one attached hydrogen (secondary N) is 1. The van der Waals surface area contributed by atoms with E-state index in [-0.39, 0.29) is 27.7 Å². The topological polar surface area (TPSA) is 107 Å². The summed E-state index contributed by atoms with van der Waals surface area (Å²) in [7, 11) is 0. The molecule has 4 aromatic rings. The Kier molecular flexibility index (Phi) is 6.43. The van der Waals surface area contributed by atoms with Crippen molar-refractivity contribution in [3.05, 3.63) is 97.8 Å². The fraction of sp³-hybridized carbons (Fsp3) is 0.0870. The summed E-state index contributed by atoms with van der Waals surface area (Å²) in [6.07, 6.45) is 0. The molecular formula is C23H17ClN4O4S. The van der Waals surface area contributed by atoms with Crippen molar-refractivity contribution in [3.8, 4) is 5.69 Å². The summed E-state index contributed by atoms with van der Waals surface area (Å²) in [5.74, 6) is -0.470. The van der Waals surface area contributed by atoms with Crippen LogP contribution >= 0.6 is 23.4 Å². The number of nitro benzene ring substituents is 1. The van der Waals surface area contributed by atoms with Crippen molar-refractivity contribution < 1.29 is 9.72 Å². The number of anilines is 1. The van der Waals surface area contributed by atoms with E-state index >= 15 is 0 Å². The largest absolute Gasteiger partial charge is 0.325 e. The van der Waals surface area contributed by atoms with Crippen LogP contribution in [0.1, 0.15) is 5.56 Å². The van der Waals surface area contributed by atoms with Crippen LogP contribution in [0.3, 0.4) is 0 Å². The number of carbonyl (C=O) groups excluding carboxylic acids is 1. The number of nitro groups is 1. The number of benzene rings is 3. The first-order valence-electron chi connectivity index (χ1n) is 9.79. The highest BCUT2D eigenvalue weighted by molar-refractivity contribution is 7.99. The average molecular weight is 481 g/mol. The van der Waals surface area contributed by atoms with Crippen LogP contribution in [0.15, 0.2) is 76.7 Å². The summed E-state index contributed by atoms with van der Waals surface area (Å²) in [5, 5.41) is 14.5. The third-order valence-corrected chi connectivity index (χ3v) is 6.05. The first kappa shape index (κ1) is 22.5. The van der Waals surface area contributed by atoms with Crippen molar-refractivity contribution in [2.24, 2.45) is 0 Å². The fourth-order valence-corrected chi connectivity index (χ4v) is 4.19. The number of hydrogen-bond acceptors (Lipinski definition) is 6. The predicted molar refractivity (Wildman–Crippen MR) is 130 cm³/mol. The molecule has 3 aromatic carbocycles. The number of hydrogen-bond donors (Lipinski definition) is 1. The molecule has 1 N–H and O–H groups in total. The normalized spacial score (nSPS) is 10.8. The minimum Gasteiger partial charge on any atom is -0.325 e. The molecule has 4 rings (SSSR count). The Bertz CT molecular complexity index is 1440. The molecule has 0 bridgehead atoms. The molecule has 10 heteroatoms. The molecule has 1 amide bonds. The van der Waals surface area contributed by atoms with E-state index in [9.17, 15) is 19.7 Å². The van der Waals surface area contributed by atoms with Gasteiger partial charge >= 0.3 is 0 Å². The van der Waals surface area contributed by atoms with Crippen molar-refractivity contribution in [1.29, 1.82) is 0 Å². The number of thioether (sulfide) groups is 1. The smallest absolute Gasteiger partial charge is 0.289 e. The maximum absolute atomic E-state index is 13.2. The number of rotatable bonds is 6. The highest BCUT2D eigenvalue weighted by Gasteiger charge is 2.17. The quantitative estimate of drug-likeness (QED) is 0.180. The molecule has 0 aliphatic carbocycles. The molecule has 0 fully saturated rings. The van der Waals surface area contributed by atoms with Crippen LogP contribution in [-0.2, 0) is 4.79 Å². The van der Waals surface area contributed by atoms with Crippen molar-refractivity contribution >= 4 is 51.5 Å². The number of nitrogens with zero attached hydrogens (tertiary/aromatic N) is 3. The molecule has 33 heavy (non-hydrogen) atoms. The monoisotopic (exact) mass is 480 g/mol. The molecule has 0 atom stereocenters. The number of fused-ring (bicyclic) bond motifs is 1. The van der Waals surface area contributed by atoms with E-state index in [1.54, 1.807) is 24.3 Å². The molecule has 166 valence electrons. The zero-order chi connectivity index (χ0) is 23.5. The first-order chi connectivity index (χ1) is 15.8. The summed E-state index contributed by atoms with van der Waals surface area (Å²) < 4.78 is 1.48. The van der Waals surface area contributed by atoms with Crippen LogP contribution in [0.4, 0.5) is 11.4 Å². The van der Waals surface area contributed by atoms with Crippen LogP contribution in [-0.4, -0.2) is 26.1 Å². The molecule has 0 aliphatic heterocycles. The van der Waals surface area contributed by atoms with Gasteiger partial charge in [0.25, 0.3) is 11.2 Å². The number of aromatic nitrogens is 2. The van der Waals surface area contributed by atoms with Gasteiger partial charge in [0.15, 0.2) is 5.16 Å². The van der Waals surface area contributed by atoms with Crippen LogP contribution in [0.2, 0.25) is 5.02 Å². The van der Waals surface area contributed by atoms with E-state index in [2.05, 4.69) is 10.3 Å². The van der Waals surface area contributed by atoms with Gasteiger partial charge in [-0.1, -0.05) is 53.2 Å². The van der Waals surface area contributed by atoms with E-state index < -0.39 is 10.8 Å². The van der Waals surface area contributed by atoms with Gasteiger partial charge in [0, 0.05) is 11.8 Å². The second-order valence-electron chi connectivity index (χ2n) is 7.15. The van der Waals surface area contributed by atoms with E-state index in [0.29, 0.717) is 21.7 Å². The lowest BCUT2D eigenvalue weighted by molar-refractivity contribution is -0.384. The van der Waals surface area contributed by atoms with Gasteiger partial charge in [-0.05, 0) is 43.3 Å². The zero-order valence-corrected chi connectivity index (χ0v) is 18.9. The van der Waals surface area contributed by atoms with Crippen LogP contribution in [0, 0.1) is 17.0 Å². The minimum atomic E-state index is -0.619. The van der Waals surface area contributed by atoms with Gasteiger partial charge in [0.1, 0.15) is 5.02 Å². The second-order valence-corrected chi connectivity index (χ2v) is 8.50. The molecule has 0 radical (unpaired) electrons. The molecule has 1 heterocycles. The van der Waals surface area contributed by atoms with Crippen LogP contribution in [0.25, 0.3) is 16.6 Å². The molecular weight excluding hydrogens is 464 g/mol. The van der Waals surface area contributed by atoms with Gasteiger partial charge in [-0.2, -0.15) is 0 Å². The van der Waals surface area contributed by atoms with E-state index in [1.165, 1.54) is 22.8 Å². The van der Waals surface area contributed by atoms with Crippen molar-refractivity contribution in [2.45, 2.75) is 12.1 Å². The average Bonchev–Trinajstić information content (AvgIpc) is 2.80. The summed E-state index contributed by atoms with van der Waals surface area (Å²) in [4.78, 5) is 40.8. The fourth-order valence-electron chi connectivity index (χ4n) is 3.19. The number of para-hydroxylation sites is 1. The third-order valence-electron chi connectivity index (χ3n) is 4.80. The Balaban J connectivity index is 1.63. The third kappa shape index (κ3) is 4.89. The lowest BCUT2D eigenvalue weighted by atomic mass is 10.2. The van der Waals surface area contributed by atoms with Gasteiger partial charge in [-0.3, -0.25) is 24.3 Å². The van der Waals surface area contributed by atoms with Crippen molar-refractivity contribution in [2.75, 3.05) is 11.1 Å². The number of halogens is 1. The summed E-state index contributed by atoms with van der Waals surface area (Å²) >= 11 is 6.91. The van der Waals surface area contributed by atoms with Crippen LogP contribution < -0.4 is 10.9 Å². The molecule has 0 saturated heterocycles. The van der Waals surface area contributed by atoms with Gasteiger partial charge in [-0.25, -0.2) is 4.98 Å². The van der Waals surface area contributed by atoms with Crippen molar-refractivity contribution in [1.82, 2.24) is 9.55 Å². The standard InChI is InChI=1S/C23H17ClN4O4S/c1-14-6-9-16(10-7-14)27-22(30)17-4-2-3-5-19(17)26-23(27)33-13-21(29)25-15-8-11-18(24)20(12-15)28(31)32/h2-12H,13H2,1H3,(H,25,29). The second kappa shape index (κ2) is 9.43. The Morgan fingerprint density at radius 3 is 2.61 bits per heavy atom. The number of aryl methyl sites for hydroxylation is 1.